The number of hydrogen-bond donors (Lipinski definition) is 1. The highest BCUT2D eigenvalue weighted by Crippen LogP contribution is 2.28. The molecule has 1 N–H and O–H groups in total. The van der Waals surface area contributed by atoms with E-state index < -0.39 is 0 Å². The van der Waals surface area contributed by atoms with E-state index in [2.05, 4.69) is 16.8 Å². The summed E-state index contributed by atoms with van der Waals surface area (Å²) in [7, 11) is 0. The number of nitrogens with zero attached hydrogens (tertiary/aromatic N) is 2. The fourth-order valence-corrected chi connectivity index (χ4v) is 2.88. The van der Waals surface area contributed by atoms with Crippen LogP contribution in [0.5, 0.6) is 0 Å². The van der Waals surface area contributed by atoms with Gasteiger partial charge in [0.05, 0.1) is 35.3 Å². The van der Waals surface area contributed by atoms with Crippen LogP contribution < -0.4 is 5.32 Å². The molecule has 0 radical (unpaired) electrons. The lowest BCUT2D eigenvalue weighted by Crippen LogP contribution is -2.36. The van der Waals surface area contributed by atoms with E-state index in [9.17, 15) is 0 Å². The minimum Gasteiger partial charge on any atom is -0.378 e. The number of aryl methyl sites for hydroxylation is 1. The van der Waals surface area contributed by atoms with Crippen molar-refractivity contribution in [2.45, 2.75) is 25.9 Å². The lowest BCUT2D eigenvalue weighted by atomic mass is 10.2. The van der Waals surface area contributed by atoms with Crippen molar-refractivity contribution in [3.8, 4) is 0 Å². The molecule has 3 rings (SSSR count). The summed E-state index contributed by atoms with van der Waals surface area (Å²) in [6.45, 7) is 5.40. The van der Waals surface area contributed by atoms with Gasteiger partial charge in [-0.3, -0.25) is 0 Å². The van der Waals surface area contributed by atoms with Gasteiger partial charge in [-0.2, -0.15) is 0 Å². The molecular weight excluding hydrogens is 262 g/mol. The van der Waals surface area contributed by atoms with Crippen LogP contribution in [0.1, 0.15) is 25.2 Å². The molecule has 1 saturated heterocycles. The molecule has 1 aliphatic heterocycles. The third-order valence-corrected chi connectivity index (χ3v) is 3.73. The quantitative estimate of drug-likeness (QED) is 0.939. The van der Waals surface area contributed by atoms with Gasteiger partial charge in [0.2, 0.25) is 0 Å². The van der Waals surface area contributed by atoms with Crippen LogP contribution in [0.4, 0.5) is 0 Å². The van der Waals surface area contributed by atoms with Crippen LogP contribution in [0.15, 0.2) is 18.2 Å². The van der Waals surface area contributed by atoms with Gasteiger partial charge in [0.25, 0.3) is 0 Å². The summed E-state index contributed by atoms with van der Waals surface area (Å²) in [5, 5.41) is 4.23. The molecule has 0 saturated carbocycles. The average Bonchev–Trinajstić information content (AvgIpc) is 2.81. The van der Waals surface area contributed by atoms with Gasteiger partial charge in [0, 0.05) is 13.1 Å². The Morgan fingerprint density at radius 3 is 3.16 bits per heavy atom. The summed E-state index contributed by atoms with van der Waals surface area (Å²) in [6.07, 6.45) is 1.05. The molecule has 0 spiro atoms. The summed E-state index contributed by atoms with van der Waals surface area (Å²) in [4.78, 5) is 4.75. The molecule has 0 bridgehead atoms. The smallest absolute Gasteiger partial charge is 0.129 e. The molecular formula is C14H18ClN3O. The Kier molecular flexibility index (Phi) is 3.73. The van der Waals surface area contributed by atoms with Crippen molar-refractivity contribution in [2.24, 2.45) is 0 Å². The topological polar surface area (TPSA) is 39.1 Å². The van der Waals surface area contributed by atoms with E-state index in [1.54, 1.807) is 0 Å². The maximum atomic E-state index is 6.34. The summed E-state index contributed by atoms with van der Waals surface area (Å²) >= 11 is 6.34. The molecule has 1 unspecified atom stereocenters. The first-order chi connectivity index (χ1) is 9.31. The second-order valence-electron chi connectivity index (χ2n) is 4.81. The van der Waals surface area contributed by atoms with Crippen molar-refractivity contribution in [1.29, 1.82) is 0 Å². The standard InChI is InChI=1S/C14H18ClN3O/c1-2-7-18-13-10(15)4-3-5-11(13)17-14(18)12-9-19-8-6-16-12/h3-5,12,16H,2,6-9H2,1H3. The van der Waals surface area contributed by atoms with Crippen LogP contribution in [0, 0.1) is 0 Å². The Morgan fingerprint density at radius 2 is 2.42 bits per heavy atom. The Labute approximate surface area is 117 Å². The Balaban J connectivity index is 2.11. The van der Waals surface area contributed by atoms with Crippen molar-refractivity contribution in [1.82, 2.24) is 14.9 Å². The predicted molar refractivity (Wildman–Crippen MR) is 76.6 cm³/mol. The van der Waals surface area contributed by atoms with E-state index in [-0.39, 0.29) is 6.04 Å². The second-order valence-corrected chi connectivity index (χ2v) is 5.22. The monoisotopic (exact) mass is 279 g/mol. The molecule has 2 aromatic rings. The summed E-state index contributed by atoms with van der Waals surface area (Å²) in [6, 6.07) is 6.04. The maximum Gasteiger partial charge on any atom is 0.129 e. The highest BCUT2D eigenvalue weighted by Gasteiger charge is 2.23. The molecule has 0 amide bonds. The first kappa shape index (κ1) is 12.9. The molecule has 102 valence electrons. The number of aromatic nitrogens is 2. The maximum absolute atomic E-state index is 6.34. The van der Waals surface area contributed by atoms with Gasteiger partial charge < -0.3 is 14.6 Å². The molecule has 1 fully saturated rings. The average molecular weight is 280 g/mol. The van der Waals surface area contributed by atoms with Gasteiger partial charge in [-0.15, -0.1) is 0 Å². The number of benzene rings is 1. The number of morpholine rings is 1. The number of imidazole rings is 1. The minimum atomic E-state index is 0.156. The zero-order valence-electron chi connectivity index (χ0n) is 11.0. The Morgan fingerprint density at radius 1 is 1.53 bits per heavy atom. The van der Waals surface area contributed by atoms with Gasteiger partial charge in [0.15, 0.2) is 0 Å². The first-order valence-corrected chi connectivity index (χ1v) is 7.15. The van der Waals surface area contributed by atoms with Crippen molar-refractivity contribution in [3.63, 3.8) is 0 Å². The van der Waals surface area contributed by atoms with Crippen LogP contribution in [0.3, 0.4) is 0 Å². The molecule has 1 aliphatic rings. The highest BCUT2D eigenvalue weighted by molar-refractivity contribution is 6.35. The van der Waals surface area contributed by atoms with Crippen molar-refractivity contribution in [3.05, 3.63) is 29.0 Å². The van der Waals surface area contributed by atoms with Crippen LogP contribution in [-0.4, -0.2) is 29.3 Å². The van der Waals surface area contributed by atoms with Crippen LogP contribution in [0.25, 0.3) is 11.0 Å². The number of nitrogens with one attached hydrogen (secondary N) is 1. The van der Waals surface area contributed by atoms with E-state index >= 15 is 0 Å². The summed E-state index contributed by atoms with van der Waals surface area (Å²) < 4.78 is 7.77. The SMILES string of the molecule is CCCn1c(C2COCCN2)nc2cccc(Cl)c21. The molecule has 1 aromatic heterocycles. The van der Waals surface area contributed by atoms with Gasteiger partial charge in [0.1, 0.15) is 5.82 Å². The van der Waals surface area contributed by atoms with Gasteiger partial charge in [-0.05, 0) is 18.6 Å². The zero-order valence-corrected chi connectivity index (χ0v) is 11.8. The van der Waals surface area contributed by atoms with Gasteiger partial charge in [-0.25, -0.2) is 4.98 Å². The molecule has 0 aliphatic carbocycles. The Bertz CT molecular complexity index is 575. The van der Waals surface area contributed by atoms with Crippen molar-refractivity contribution >= 4 is 22.6 Å². The fraction of sp³-hybridized carbons (Fsp3) is 0.500. The number of halogens is 1. The van der Waals surface area contributed by atoms with Crippen LogP contribution in [-0.2, 0) is 11.3 Å². The van der Waals surface area contributed by atoms with E-state index in [4.69, 9.17) is 21.3 Å². The van der Waals surface area contributed by atoms with Crippen LogP contribution in [0.2, 0.25) is 5.02 Å². The van der Waals surface area contributed by atoms with E-state index in [1.165, 1.54) is 0 Å². The number of para-hydroxylation sites is 1. The van der Waals surface area contributed by atoms with E-state index in [1.807, 2.05) is 18.2 Å². The molecule has 5 heteroatoms. The molecule has 4 nitrogen and oxygen atoms in total. The van der Waals surface area contributed by atoms with Crippen molar-refractivity contribution < 1.29 is 4.74 Å². The third-order valence-electron chi connectivity index (χ3n) is 3.43. The zero-order chi connectivity index (χ0) is 13.2. The lowest BCUT2D eigenvalue weighted by Gasteiger charge is -2.24. The van der Waals surface area contributed by atoms with Crippen LogP contribution >= 0.6 is 11.6 Å². The fourth-order valence-electron chi connectivity index (χ4n) is 2.61. The van der Waals surface area contributed by atoms with Crippen molar-refractivity contribution in [2.75, 3.05) is 19.8 Å². The number of ether oxygens (including phenoxy) is 1. The largest absolute Gasteiger partial charge is 0.378 e. The number of fused-ring (bicyclic) bond motifs is 1. The lowest BCUT2D eigenvalue weighted by molar-refractivity contribution is 0.0732. The third kappa shape index (κ3) is 2.36. The van der Waals surface area contributed by atoms with Gasteiger partial charge in [-0.1, -0.05) is 24.6 Å². The molecule has 19 heavy (non-hydrogen) atoms. The van der Waals surface area contributed by atoms with E-state index in [0.717, 1.165) is 48.0 Å². The summed E-state index contributed by atoms with van der Waals surface area (Å²) in [5.74, 6) is 1.03. The van der Waals surface area contributed by atoms with Gasteiger partial charge >= 0.3 is 0 Å². The van der Waals surface area contributed by atoms with E-state index in [0.29, 0.717) is 6.61 Å². The first-order valence-electron chi connectivity index (χ1n) is 6.77. The Hall–Kier alpha value is -1.10. The number of rotatable bonds is 3. The predicted octanol–water partition coefficient (Wildman–Crippen LogP) is 2.76. The highest BCUT2D eigenvalue weighted by atomic mass is 35.5. The summed E-state index contributed by atoms with van der Waals surface area (Å²) in [5.41, 5.74) is 2.00. The molecule has 1 aromatic carbocycles. The number of hydrogen-bond acceptors (Lipinski definition) is 3. The molecule has 1 atom stereocenters. The second kappa shape index (κ2) is 5.49. The normalized spacial score (nSPS) is 20.0. The minimum absolute atomic E-state index is 0.156. The molecule has 2 heterocycles.